The number of aliphatic carboxylic acids is 1. The molecule has 0 aromatic rings. The minimum absolute atomic E-state index is 0.0351. The smallest absolute Gasteiger partial charge is 0.303 e. The zero-order valence-corrected chi connectivity index (χ0v) is 15.1. The number of carbonyl (C=O) groups is 2. The zero-order valence-electron chi connectivity index (χ0n) is 15.1. The lowest BCUT2D eigenvalue weighted by molar-refractivity contribution is -0.137. The molecule has 138 valence electrons. The maximum Gasteiger partial charge on any atom is 0.303 e. The standard InChI is InChI=1S/C20H34O4/c1-2-3-4-5-6-7-8-9-10-12-16-17(13-11-14-20(23)24)19(22)15-18(16)21/h9-10,16-18,21H,2-8,11-15H2,1H3,(H,23,24)/b10-9+/t16-,17-,18-/m1/s1. The van der Waals surface area contributed by atoms with E-state index in [0.29, 0.717) is 12.8 Å². The second-order valence-electron chi connectivity index (χ2n) is 7.06. The van der Waals surface area contributed by atoms with Crippen LogP contribution in [-0.4, -0.2) is 28.1 Å². The number of carboxylic acid groups (broad SMARTS) is 1. The molecule has 1 saturated carbocycles. The van der Waals surface area contributed by atoms with Gasteiger partial charge in [0.1, 0.15) is 5.78 Å². The first kappa shape index (κ1) is 20.9. The quantitative estimate of drug-likeness (QED) is 0.383. The molecule has 0 radical (unpaired) electrons. The average molecular weight is 338 g/mol. The van der Waals surface area contributed by atoms with Crippen molar-refractivity contribution < 1.29 is 19.8 Å². The van der Waals surface area contributed by atoms with E-state index in [1.165, 1.54) is 38.5 Å². The fourth-order valence-corrected chi connectivity index (χ4v) is 3.60. The van der Waals surface area contributed by atoms with Gasteiger partial charge in [0.15, 0.2) is 0 Å². The molecule has 0 unspecified atom stereocenters. The van der Waals surface area contributed by atoms with Crippen LogP contribution < -0.4 is 0 Å². The van der Waals surface area contributed by atoms with Crippen molar-refractivity contribution in [2.75, 3.05) is 0 Å². The molecule has 2 N–H and O–H groups in total. The largest absolute Gasteiger partial charge is 0.481 e. The van der Waals surface area contributed by atoms with Crippen molar-refractivity contribution in [3.63, 3.8) is 0 Å². The molecule has 4 heteroatoms. The van der Waals surface area contributed by atoms with Gasteiger partial charge in [-0.05, 0) is 38.0 Å². The Kier molecular flexibility index (Phi) is 10.6. The summed E-state index contributed by atoms with van der Waals surface area (Å²) < 4.78 is 0. The van der Waals surface area contributed by atoms with E-state index in [2.05, 4.69) is 19.1 Å². The summed E-state index contributed by atoms with van der Waals surface area (Å²) in [5.41, 5.74) is 0. The van der Waals surface area contributed by atoms with E-state index in [1.807, 2.05) is 0 Å². The first-order valence-corrected chi connectivity index (χ1v) is 9.63. The van der Waals surface area contributed by atoms with E-state index >= 15 is 0 Å². The highest BCUT2D eigenvalue weighted by Crippen LogP contribution is 2.35. The molecule has 0 aromatic carbocycles. The third kappa shape index (κ3) is 8.09. The third-order valence-corrected chi connectivity index (χ3v) is 5.04. The Morgan fingerprint density at radius 1 is 1.12 bits per heavy atom. The van der Waals surface area contributed by atoms with Gasteiger partial charge in [0, 0.05) is 18.8 Å². The second kappa shape index (κ2) is 12.2. The lowest BCUT2D eigenvalue weighted by atomic mass is 9.87. The number of unbranched alkanes of at least 4 members (excludes halogenated alkanes) is 6. The highest BCUT2D eigenvalue weighted by Gasteiger charge is 2.40. The Morgan fingerprint density at radius 2 is 1.83 bits per heavy atom. The SMILES string of the molecule is CCCCCCCC/C=C/C[C@H]1[C@H](O)CC(=O)[C@@H]1CCCC(=O)O. The van der Waals surface area contributed by atoms with Crippen LogP contribution in [0.3, 0.4) is 0 Å². The number of rotatable bonds is 13. The van der Waals surface area contributed by atoms with Crippen LogP contribution in [0, 0.1) is 11.8 Å². The number of carboxylic acids is 1. The predicted octanol–water partition coefficient (Wildman–Crippen LogP) is 4.50. The maximum absolute atomic E-state index is 12.0. The first-order valence-electron chi connectivity index (χ1n) is 9.63. The van der Waals surface area contributed by atoms with Gasteiger partial charge in [-0.25, -0.2) is 0 Å². The van der Waals surface area contributed by atoms with Gasteiger partial charge in [0.25, 0.3) is 0 Å². The summed E-state index contributed by atoms with van der Waals surface area (Å²) in [4.78, 5) is 22.6. The van der Waals surface area contributed by atoms with Crippen molar-refractivity contribution in [1.82, 2.24) is 0 Å². The number of hydrogen-bond donors (Lipinski definition) is 2. The molecule has 0 amide bonds. The molecular formula is C20H34O4. The van der Waals surface area contributed by atoms with Gasteiger partial charge in [-0.1, -0.05) is 51.2 Å². The second-order valence-corrected chi connectivity index (χ2v) is 7.06. The minimum Gasteiger partial charge on any atom is -0.481 e. The fraction of sp³-hybridized carbons (Fsp3) is 0.800. The van der Waals surface area contributed by atoms with Crippen LogP contribution in [-0.2, 0) is 9.59 Å². The Bertz CT molecular complexity index is 402. The normalized spacial score (nSPS) is 24.1. The van der Waals surface area contributed by atoms with E-state index < -0.39 is 12.1 Å². The van der Waals surface area contributed by atoms with Gasteiger partial charge in [-0.2, -0.15) is 0 Å². The van der Waals surface area contributed by atoms with Crippen LogP contribution in [0.25, 0.3) is 0 Å². The van der Waals surface area contributed by atoms with Crippen molar-refractivity contribution in [1.29, 1.82) is 0 Å². The van der Waals surface area contributed by atoms with E-state index in [0.717, 1.165) is 12.8 Å². The topological polar surface area (TPSA) is 74.6 Å². The molecule has 1 rings (SSSR count). The van der Waals surface area contributed by atoms with Gasteiger partial charge in [-0.15, -0.1) is 0 Å². The third-order valence-electron chi connectivity index (χ3n) is 5.04. The number of carbonyl (C=O) groups excluding carboxylic acids is 1. The lowest BCUT2D eigenvalue weighted by Gasteiger charge is -2.19. The molecule has 1 aliphatic carbocycles. The molecule has 1 fully saturated rings. The Morgan fingerprint density at radius 3 is 2.54 bits per heavy atom. The summed E-state index contributed by atoms with van der Waals surface area (Å²) in [6.07, 6.45) is 14.6. The Balaban J connectivity index is 2.25. The molecule has 0 bridgehead atoms. The minimum atomic E-state index is -0.823. The molecule has 1 aliphatic rings. The van der Waals surface area contributed by atoms with Gasteiger partial charge in [0.05, 0.1) is 6.10 Å². The van der Waals surface area contributed by atoms with Crippen molar-refractivity contribution in [3.8, 4) is 0 Å². The predicted molar refractivity (Wildman–Crippen MR) is 95.8 cm³/mol. The van der Waals surface area contributed by atoms with Crippen LogP contribution >= 0.6 is 0 Å². The fourth-order valence-electron chi connectivity index (χ4n) is 3.60. The molecule has 0 aliphatic heterocycles. The maximum atomic E-state index is 12.0. The molecule has 24 heavy (non-hydrogen) atoms. The van der Waals surface area contributed by atoms with Crippen LogP contribution in [0.5, 0.6) is 0 Å². The van der Waals surface area contributed by atoms with Gasteiger partial charge >= 0.3 is 5.97 Å². The molecule has 0 saturated heterocycles. The van der Waals surface area contributed by atoms with Crippen LogP contribution in [0.4, 0.5) is 0 Å². The average Bonchev–Trinajstić information content (AvgIpc) is 2.79. The van der Waals surface area contributed by atoms with Crippen LogP contribution in [0.15, 0.2) is 12.2 Å². The van der Waals surface area contributed by atoms with Gasteiger partial charge < -0.3 is 10.2 Å². The van der Waals surface area contributed by atoms with E-state index in [4.69, 9.17) is 5.11 Å². The number of Topliss-reactive ketones (excluding diaryl/α,β-unsaturated/α-hetero) is 1. The number of aliphatic hydroxyl groups is 1. The zero-order chi connectivity index (χ0) is 17.8. The Labute approximate surface area is 146 Å². The van der Waals surface area contributed by atoms with Crippen molar-refractivity contribution in [2.24, 2.45) is 11.8 Å². The summed E-state index contributed by atoms with van der Waals surface area (Å²) in [6.45, 7) is 2.22. The summed E-state index contributed by atoms with van der Waals surface area (Å²) in [7, 11) is 0. The molecular weight excluding hydrogens is 304 g/mol. The van der Waals surface area contributed by atoms with Gasteiger partial charge in [0.2, 0.25) is 0 Å². The Hall–Kier alpha value is -1.16. The number of hydrogen-bond acceptors (Lipinski definition) is 3. The molecule has 0 aromatic heterocycles. The van der Waals surface area contributed by atoms with E-state index in [-0.39, 0.29) is 30.5 Å². The molecule has 0 spiro atoms. The highest BCUT2D eigenvalue weighted by atomic mass is 16.4. The first-order chi connectivity index (χ1) is 11.6. The molecule has 0 heterocycles. The monoisotopic (exact) mass is 338 g/mol. The summed E-state index contributed by atoms with van der Waals surface area (Å²) >= 11 is 0. The summed E-state index contributed by atoms with van der Waals surface area (Å²) in [5.74, 6) is -0.927. The highest BCUT2D eigenvalue weighted by molar-refractivity contribution is 5.84. The van der Waals surface area contributed by atoms with Crippen molar-refractivity contribution >= 4 is 11.8 Å². The van der Waals surface area contributed by atoms with E-state index in [9.17, 15) is 14.7 Å². The molecule has 4 nitrogen and oxygen atoms in total. The van der Waals surface area contributed by atoms with Crippen molar-refractivity contribution in [3.05, 3.63) is 12.2 Å². The number of aliphatic hydroxyl groups excluding tert-OH is 1. The van der Waals surface area contributed by atoms with Crippen LogP contribution in [0.2, 0.25) is 0 Å². The van der Waals surface area contributed by atoms with E-state index in [1.54, 1.807) is 0 Å². The summed E-state index contributed by atoms with van der Waals surface area (Å²) in [5, 5.41) is 18.8. The number of allylic oxidation sites excluding steroid dienone is 2. The molecule has 3 atom stereocenters. The van der Waals surface area contributed by atoms with Crippen LogP contribution in [0.1, 0.15) is 84.0 Å². The lowest BCUT2D eigenvalue weighted by Crippen LogP contribution is -2.20. The van der Waals surface area contributed by atoms with Gasteiger partial charge in [-0.3, -0.25) is 9.59 Å². The number of ketones is 1. The van der Waals surface area contributed by atoms with Crippen molar-refractivity contribution in [2.45, 2.75) is 90.1 Å². The summed E-state index contributed by atoms with van der Waals surface area (Å²) in [6, 6.07) is 0.